The highest BCUT2D eigenvalue weighted by atomic mass is 32.2. The minimum atomic E-state index is -3.11. The zero-order chi connectivity index (χ0) is 17.9. The first-order valence-corrected chi connectivity index (χ1v) is 10.0. The predicted octanol–water partition coefficient (Wildman–Crippen LogP) is 1.38. The quantitative estimate of drug-likeness (QED) is 0.768. The molecule has 1 aromatic carbocycles. The Labute approximate surface area is 143 Å². The Bertz CT molecular complexity index is 730. The number of aryl methyl sites for hydroxylation is 1. The molecule has 0 aromatic heterocycles. The maximum Gasteiger partial charge on any atom is 0.316 e. The first kappa shape index (κ1) is 18.4. The standard InChI is InChI=1S/C17H24N2O4S/c1-4-18(14-8-6-7-13(3)11-14)16(20)17(21)19(5-2)15-9-10-24(22,23)12-15/h6-8,11,15H,4-5,9-10,12H2,1-3H3. The number of sulfone groups is 1. The summed E-state index contributed by atoms with van der Waals surface area (Å²) in [6.45, 7) is 6.18. The van der Waals surface area contributed by atoms with Gasteiger partial charge in [0.1, 0.15) is 0 Å². The Hall–Kier alpha value is -1.89. The van der Waals surface area contributed by atoms with Crippen molar-refractivity contribution in [3.8, 4) is 0 Å². The van der Waals surface area contributed by atoms with Gasteiger partial charge in [-0.05, 0) is 44.9 Å². The topological polar surface area (TPSA) is 74.8 Å². The Kier molecular flexibility index (Phi) is 5.64. The van der Waals surface area contributed by atoms with Crippen LogP contribution in [0.15, 0.2) is 24.3 Å². The second kappa shape index (κ2) is 7.34. The molecule has 0 aliphatic carbocycles. The molecule has 2 amide bonds. The van der Waals surface area contributed by atoms with E-state index in [9.17, 15) is 18.0 Å². The van der Waals surface area contributed by atoms with Crippen LogP contribution in [0.2, 0.25) is 0 Å². The van der Waals surface area contributed by atoms with Crippen molar-refractivity contribution in [2.24, 2.45) is 0 Å². The first-order valence-electron chi connectivity index (χ1n) is 8.18. The Morgan fingerprint density at radius 2 is 1.88 bits per heavy atom. The van der Waals surface area contributed by atoms with Crippen LogP contribution in [0.1, 0.15) is 25.8 Å². The lowest BCUT2D eigenvalue weighted by atomic mass is 10.2. The molecular formula is C17H24N2O4S. The van der Waals surface area contributed by atoms with Crippen molar-refractivity contribution in [2.75, 3.05) is 29.5 Å². The third-order valence-corrected chi connectivity index (χ3v) is 6.06. The first-order chi connectivity index (χ1) is 11.3. The van der Waals surface area contributed by atoms with Gasteiger partial charge in [-0.15, -0.1) is 0 Å². The molecular weight excluding hydrogens is 328 g/mol. The molecule has 1 saturated heterocycles. The molecule has 7 heteroatoms. The Balaban J connectivity index is 2.21. The van der Waals surface area contributed by atoms with Crippen LogP contribution in [0.25, 0.3) is 0 Å². The summed E-state index contributed by atoms with van der Waals surface area (Å²) in [6.07, 6.45) is 0.395. The van der Waals surface area contributed by atoms with E-state index in [-0.39, 0.29) is 11.5 Å². The van der Waals surface area contributed by atoms with Gasteiger partial charge in [-0.1, -0.05) is 12.1 Å². The van der Waals surface area contributed by atoms with Gasteiger partial charge in [0.05, 0.1) is 11.5 Å². The third-order valence-electron chi connectivity index (χ3n) is 4.31. The van der Waals surface area contributed by atoms with E-state index in [0.717, 1.165) is 5.56 Å². The average Bonchev–Trinajstić information content (AvgIpc) is 2.88. The minimum absolute atomic E-state index is 0.0591. The van der Waals surface area contributed by atoms with Crippen LogP contribution in [-0.2, 0) is 19.4 Å². The van der Waals surface area contributed by atoms with Crippen LogP contribution in [0, 0.1) is 6.92 Å². The van der Waals surface area contributed by atoms with E-state index in [4.69, 9.17) is 0 Å². The molecule has 0 bridgehead atoms. The number of nitrogens with zero attached hydrogens (tertiary/aromatic N) is 2. The average molecular weight is 352 g/mol. The lowest BCUT2D eigenvalue weighted by Gasteiger charge is -2.29. The Morgan fingerprint density at radius 3 is 2.38 bits per heavy atom. The SMILES string of the molecule is CCN(C(=O)C(=O)N(CC)C1CCS(=O)(=O)C1)c1cccc(C)c1. The number of likely N-dealkylation sites (N-methyl/N-ethyl adjacent to an activating group) is 2. The fourth-order valence-electron chi connectivity index (χ4n) is 3.07. The number of carbonyl (C=O) groups is 2. The number of anilines is 1. The monoisotopic (exact) mass is 352 g/mol. The van der Waals surface area contributed by atoms with Gasteiger partial charge in [-0.25, -0.2) is 8.42 Å². The van der Waals surface area contributed by atoms with E-state index in [1.165, 1.54) is 9.80 Å². The van der Waals surface area contributed by atoms with E-state index in [2.05, 4.69) is 0 Å². The second-order valence-corrected chi connectivity index (χ2v) is 8.27. The van der Waals surface area contributed by atoms with Gasteiger partial charge >= 0.3 is 11.8 Å². The van der Waals surface area contributed by atoms with Crippen LogP contribution in [0.3, 0.4) is 0 Å². The Morgan fingerprint density at radius 1 is 1.17 bits per heavy atom. The summed E-state index contributed by atoms with van der Waals surface area (Å²) < 4.78 is 23.3. The zero-order valence-electron chi connectivity index (χ0n) is 14.4. The van der Waals surface area contributed by atoms with Crippen molar-refractivity contribution in [1.82, 2.24) is 4.90 Å². The van der Waals surface area contributed by atoms with Crippen LogP contribution >= 0.6 is 0 Å². The molecule has 1 aliphatic heterocycles. The highest BCUT2D eigenvalue weighted by Gasteiger charge is 2.37. The van der Waals surface area contributed by atoms with Gasteiger partial charge in [0.15, 0.2) is 9.84 Å². The molecule has 0 saturated carbocycles. The largest absolute Gasteiger partial charge is 0.331 e. The molecule has 6 nitrogen and oxygen atoms in total. The molecule has 0 N–H and O–H groups in total. The summed E-state index contributed by atoms with van der Waals surface area (Å²) in [7, 11) is -3.11. The molecule has 24 heavy (non-hydrogen) atoms. The number of carbonyl (C=O) groups excluding carboxylic acids is 2. The van der Waals surface area contributed by atoms with Gasteiger partial charge in [0.25, 0.3) is 0 Å². The van der Waals surface area contributed by atoms with Gasteiger partial charge in [0, 0.05) is 24.8 Å². The number of rotatable bonds is 4. The number of hydrogen-bond donors (Lipinski definition) is 0. The van der Waals surface area contributed by atoms with E-state index >= 15 is 0 Å². The molecule has 1 fully saturated rings. The van der Waals surface area contributed by atoms with Gasteiger partial charge in [-0.2, -0.15) is 0 Å². The molecule has 132 valence electrons. The highest BCUT2D eigenvalue weighted by molar-refractivity contribution is 7.91. The molecule has 1 aromatic rings. The smallest absolute Gasteiger partial charge is 0.316 e. The summed E-state index contributed by atoms with van der Waals surface area (Å²) >= 11 is 0. The molecule has 0 spiro atoms. The van der Waals surface area contributed by atoms with E-state index in [1.807, 2.05) is 32.0 Å². The maximum absolute atomic E-state index is 12.7. The van der Waals surface area contributed by atoms with Crippen molar-refractivity contribution in [3.05, 3.63) is 29.8 Å². The fourth-order valence-corrected chi connectivity index (χ4v) is 4.80. The summed E-state index contributed by atoms with van der Waals surface area (Å²) in [5.74, 6) is -1.24. The summed E-state index contributed by atoms with van der Waals surface area (Å²) in [4.78, 5) is 28.2. The minimum Gasteiger partial charge on any atom is -0.331 e. The molecule has 2 rings (SSSR count). The highest BCUT2D eigenvalue weighted by Crippen LogP contribution is 2.20. The normalized spacial score (nSPS) is 19.0. The van der Waals surface area contributed by atoms with Crippen molar-refractivity contribution in [3.63, 3.8) is 0 Å². The molecule has 1 heterocycles. The summed E-state index contributed by atoms with van der Waals surface area (Å²) in [6, 6.07) is 6.99. The number of amides is 2. The lowest BCUT2D eigenvalue weighted by Crippen LogP contribution is -2.49. The van der Waals surface area contributed by atoms with Gasteiger partial charge < -0.3 is 9.80 Å². The van der Waals surface area contributed by atoms with E-state index in [0.29, 0.717) is 25.2 Å². The lowest BCUT2D eigenvalue weighted by molar-refractivity contribution is -0.145. The fraction of sp³-hybridized carbons (Fsp3) is 0.529. The van der Waals surface area contributed by atoms with Crippen LogP contribution < -0.4 is 4.90 Å². The zero-order valence-corrected chi connectivity index (χ0v) is 15.2. The van der Waals surface area contributed by atoms with Crippen LogP contribution in [0.4, 0.5) is 5.69 Å². The van der Waals surface area contributed by atoms with Crippen molar-refractivity contribution < 1.29 is 18.0 Å². The molecule has 1 aliphatic rings. The van der Waals surface area contributed by atoms with E-state index in [1.54, 1.807) is 13.0 Å². The predicted molar refractivity (Wildman–Crippen MR) is 93.7 cm³/mol. The van der Waals surface area contributed by atoms with E-state index < -0.39 is 27.7 Å². The van der Waals surface area contributed by atoms with Gasteiger partial charge in [0.2, 0.25) is 0 Å². The molecule has 0 radical (unpaired) electrons. The third kappa shape index (κ3) is 3.95. The van der Waals surface area contributed by atoms with Crippen molar-refractivity contribution >= 4 is 27.3 Å². The van der Waals surface area contributed by atoms with Crippen molar-refractivity contribution in [2.45, 2.75) is 33.2 Å². The number of hydrogen-bond acceptors (Lipinski definition) is 4. The molecule has 1 unspecified atom stereocenters. The van der Waals surface area contributed by atoms with Crippen LogP contribution in [-0.4, -0.2) is 55.8 Å². The van der Waals surface area contributed by atoms with Gasteiger partial charge in [-0.3, -0.25) is 9.59 Å². The molecule has 1 atom stereocenters. The van der Waals surface area contributed by atoms with Crippen LogP contribution in [0.5, 0.6) is 0 Å². The maximum atomic E-state index is 12.7. The summed E-state index contributed by atoms with van der Waals surface area (Å²) in [5.41, 5.74) is 1.67. The van der Waals surface area contributed by atoms with Crippen molar-refractivity contribution in [1.29, 1.82) is 0 Å². The second-order valence-electron chi connectivity index (χ2n) is 6.04. The number of benzene rings is 1. The summed E-state index contributed by atoms with van der Waals surface area (Å²) in [5, 5.41) is 0.